The molecule has 4 heteroatoms. The topological polar surface area (TPSA) is 47.6 Å². The van der Waals surface area contributed by atoms with Gasteiger partial charge in [0.05, 0.1) is 7.11 Å². The van der Waals surface area contributed by atoms with Gasteiger partial charge in [-0.1, -0.05) is 19.3 Å². The molecule has 0 heterocycles. The molecule has 0 aliphatic heterocycles. The van der Waals surface area contributed by atoms with Gasteiger partial charge >= 0.3 is 5.97 Å². The fraction of sp³-hybridized carbons (Fsp3) is 0.929. The standard InChI is InChI=1S/C14H25NO3/c1-17-14(16)13(15-12-5-6-12)8-10-18-9-7-11-3-2-4-11/h11-13,15H,2-10H2,1H3. The minimum Gasteiger partial charge on any atom is -0.468 e. The minimum atomic E-state index is -0.189. The van der Waals surface area contributed by atoms with Gasteiger partial charge < -0.3 is 14.8 Å². The van der Waals surface area contributed by atoms with E-state index >= 15 is 0 Å². The number of carbonyl (C=O) groups excluding carboxylic acids is 1. The van der Waals surface area contributed by atoms with Crippen LogP contribution >= 0.6 is 0 Å². The monoisotopic (exact) mass is 255 g/mol. The van der Waals surface area contributed by atoms with Gasteiger partial charge in [0.1, 0.15) is 6.04 Å². The van der Waals surface area contributed by atoms with E-state index in [4.69, 9.17) is 9.47 Å². The Morgan fingerprint density at radius 1 is 1.28 bits per heavy atom. The van der Waals surface area contributed by atoms with E-state index in [0.29, 0.717) is 19.1 Å². The molecule has 4 nitrogen and oxygen atoms in total. The summed E-state index contributed by atoms with van der Waals surface area (Å²) < 4.78 is 10.4. The van der Waals surface area contributed by atoms with Crippen LogP contribution in [0.15, 0.2) is 0 Å². The third-order valence-corrected chi connectivity index (χ3v) is 3.95. The van der Waals surface area contributed by atoms with Crippen molar-refractivity contribution < 1.29 is 14.3 Å². The van der Waals surface area contributed by atoms with Gasteiger partial charge in [-0.15, -0.1) is 0 Å². The smallest absolute Gasteiger partial charge is 0.322 e. The van der Waals surface area contributed by atoms with Crippen LogP contribution in [0.5, 0.6) is 0 Å². The van der Waals surface area contributed by atoms with Gasteiger partial charge in [-0.25, -0.2) is 0 Å². The molecule has 0 aromatic rings. The average Bonchev–Trinajstić information content (AvgIpc) is 3.12. The summed E-state index contributed by atoms with van der Waals surface area (Å²) >= 11 is 0. The number of esters is 1. The largest absolute Gasteiger partial charge is 0.468 e. The van der Waals surface area contributed by atoms with E-state index in [0.717, 1.165) is 12.5 Å². The summed E-state index contributed by atoms with van der Waals surface area (Å²) in [5.41, 5.74) is 0. The second kappa shape index (κ2) is 7.10. The third-order valence-electron chi connectivity index (χ3n) is 3.95. The first-order valence-electron chi connectivity index (χ1n) is 7.21. The van der Waals surface area contributed by atoms with Crippen LogP contribution in [-0.2, 0) is 14.3 Å². The molecule has 0 aromatic carbocycles. The van der Waals surface area contributed by atoms with Crippen LogP contribution in [0.2, 0.25) is 0 Å². The molecule has 18 heavy (non-hydrogen) atoms. The van der Waals surface area contributed by atoms with Crippen LogP contribution in [0.25, 0.3) is 0 Å². The van der Waals surface area contributed by atoms with Gasteiger partial charge in [-0.05, 0) is 31.6 Å². The second-order valence-electron chi connectivity index (χ2n) is 5.50. The Balaban J connectivity index is 1.54. The molecule has 2 fully saturated rings. The molecular weight excluding hydrogens is 230 g/mol. The van der Waals surface area contributed by atoms with Crippen molar-refractivity contribution in [1.29, 1.82) is 0 Å². The molecule has 0 spiro atoms. The lowest BCUT2D eigenvalue weighted by molar-refractivity contribution is -0.143. The molecule has 1 unspecified atom stereocenters. The molecule has 104 valence electrons. The van der Waals surface area contributed by atoms with E-state index in [1.54, 1.807) is 0 Å². The molecule has 2 aliphatic carbocycles. The van der Waals surface area contributed by atoms with Crippen molar-refractivity contribution in [2.45, 2.75) is 57.0 Å². The lowest BCUT2D eigenvalue weighted by atomic mass is 9.83. The maximum Gasteiger partial charge on any atom is 0.322 e. The minimum absolute atomic E-state index is 0.163. The Kier molecular flexibility index (Phi) is 5.45. The van der Waals surface area contributed by atoms with Crippen LogP contribution < -0.4 is 5.32 Å². The van der Waals surface area contributed by atoms with Crippen LogP contribution in [0.3, 0.4) is 0 Å². The predicted octanol–water partition coefficient (Wildman–Crippen LogP) is 1.88. The van der Waals surface area contributed by atoms with Crippen LogP contribution in [0, 0.1) is 5.92 Å². The van der Waals surface area contributed by atoms with Crippen molar-refractivity contribution in [1.82, 2.24) is 5.32 Å². The van der Waals surface area contributed by atoms with Crippen LogP contribution in [-0.4, -0.2) is 38.4 Å². The molecule has 2 aliphatic rings. The summed E-state index contributed by atoms with van der Waals surface area (Å²) in [6.45, 7) is 1.48. The van der Waals surface area contributed by atoms with Crippen LogP contribution in [0.1, 0.15) is 44.9 Å². The highest BCUT2D eigenvalue weighted by atomic mass is 16.5. The fourth-order valence-corrected chi connectivity index (χ4v) is 2.28. The van der Waals surface area contributed by atoms with E-state index in [1.807, 2.05) is 0 Å². The van der Waals surface area contributed by atoms with E-state index in [9.17, 15) is 4.79 Å². The van der Waals surface area contributed by atoms with E-state index < -0.39 is 0 Å². The summed E-state index contributed by atoms with van der Waals surface area (Å²) in [5.74, 6) is 0.732. The van der Waals surface area contributed by atoms with Crippen molar-refractivity contribution >= 4 is 5.97 Å². The fourth-order valence-electron chi connectivity index (χ4n) is 2.28. The van der Waals surface area contributed by atoms with Crippen molar-refractivity contribution in [3.63, 3.8) is 0 Å². The van der Waals surface area contributed by atoms with Gasteiger partial charge in [0.25, 0.3) is 0 Å². The Hall–Kier alpha value is -0.610. The molecule has 0 bridgehead atoms. The zero-order valence-electron chi connectivity index (χ0n) is 11.3. The lowest BCUT2D eigenvalue weighted by Gasteiger charge is -2.25. The Morgan fingerprint density at radius 3 is 2.61 bits per heavy atom. The van der Waals surface area contributed by atoms with E-state index in [1.165, 1.54) is 45.6 Å². The van der Waals surface area contributed by atoms with Crippen LogP contribution in [0.4, 0.5) is 0 Å². The number of hydrogen-bond donors (Lipinski definition) is 1. The molecule has 1 N–H and O–H groups in total. The normalized spacial score (nSPS) is 21.4. The summed E-state index contributed by atoms with van der Waals surface area (Å²) in [4.78, 5) is 11.6. The highest BCUT2D eigenvalue weighted by molar-refractivity contribution is 5.75. The number of carbonyl (C=O) groups is 1. The molecule has 1 atom stereocenters. The first-order chi connectivity index (χ1) is 8.79. The SMILES string of the molecule is COC(=O)C(CCOCCC1CCC1)NC1CC1. The first kappa shape index (κ1) is 13.8. The van der Waals surface area contributed by atoms with E-state index in [-0.39, 0.29) is 12.0 Å². The zero-order chi connectivity index (χ0) is 12.8. The molecule has 0 aromatic heterocycles. The van der Waals surface area contributed by atoms with Gasteiger partial charge in [0.15, 0.2) is 0 Å². The molecular formula is C14H25NO3. The summed E-state index contributed by atoms with van der Waals surface area (Å²) in [6, 6.07) is 0.329. The molecule has 2 rings (SSSR count). The number of nitrogens with one attached hydrogen (secondary N) is 1. The van der Waals surface area contributed by atoms with E-state index in [2.05, 4.69) is 5.32 Å². The average molecular weight is 255 g/mol. The number of rotatable bonds is 9. The number of methoxy groups -OCH3 is 1. The highest BCUT2D eigenvalue weighted by Crippen LogP contribution is 2.29. The summed E-state index contributed by atoms with van der Waals surface area (Å²) in [6.07, 6.45) is 8.38. The number of hydrogen-bond acceptors (Lipinski definition) is 4. The summed E-state index contributed by atoms with van der Waals surface area (Å²) in [7, 11) is 1.45. The Bertz CT molecular complexity index is 262. The summed E-state index contributed by atoms with van der Waals surface area (Å²) in [5, 5.41) is 3.31. The highest BCUT2D eigenvalue weighted by Gasteiger charge is 2.28. The van der Waals surface area contributed by atoms with Crippen molar-refractivity contribution in [3.05, 3.63) is 0 Å². The Labute approximate surface area is 109 Å². The van der Waals surface area contributed by atoms with Gasteiger partial charge in [0.2, 0.25) is 0 Å². The van der Waals surface area contributed by atoms with Crippen molar-refractivity contribution in [3.8, 4) is 0 Å². The van der Waals surface area contributed by atoms with Gasteiger partial charge in [0, 0.05) is 19.3 Å². The molecule has 0 saturated heterocycles. The van der Waals surface area contributed by atoms with Crippen molar-refractivity contribution in [2.75, 3.05) is 20.3 Å². The van der Waals surface area contributed by atoms with Gasteiger partial charge in [-0.2, -0.15) is 0 Å². The third kappa shape index (κ3) is 4.58. The maximum absolute atomic E-state index is 11.6. The molecule has 0 amide bonds. The lowest BCUT2D eigenvalue weighted by Crippen LogP contribution is -2.39. The Morgan fingerprint density at radius 2 is 2.06 bits per heavy atom. The van der Waals surface area contributed by atoms with Gasteiger partial charge in [-0.3, -0.25) is 4.79 Å². The quantitative estimate of drug-likeness (QED) is 0.505. The predicted molar refractivity (Wildman–Crippen MR) is 69.4 cm³/mol. The zero-order valence-corrected chi connectivity index (χ0v) is 11.3. The van der Waals surface area contributed by atoms with Crippen molar-refractivity contribution in [2.24, 2.45) is 5.92 Å². The maximum atomic E-state index is 11.6. The number of ether oxygens (including phenoxy) is 2. The molecule has 2 saturated carbocycles. The second-order valence-corrected chi connectivity index (χ2v) is 5.50. The molecule has 0 radical (unpaired) electrons. The first-order valence-corrected chi connectivity index (χ1v) is 7.21.